The van der Waals surface area contributed by atoms with Gasteiger partial charge in [0.2, 0.25) is 10.0 Å². The molecule has 2 aromatic carbocycles. The van der Waals surface area contributed by atoms with Gasteiger partial charge in [-0.15, -0.1) is 11.3 Å². The normalized spacial score (nSPS) is 11.2. The van der Waals surface area contributed by atoms with Crippen molar-refractivity contribution in [1.29, 1.82) is 0 Å². The summed E-state index contributed by atoms with van der Waals surface area (Å²) in [5.41, 5.74) is 1.69. The zero-order valence-electron chi connectivity index (χ0n) is 13.6. The molecule has 1 heterocycles. The van der Waals surface area contributed by atoms with Crippen LogP contribution in [0.3, 0.4) is 0 Å². The summed E-state index contributed by atoms with van der Waals surface area (Å²) in [5, 5.41) is 4.74. The van der Waals surface area contributed by atoms with Crippen molar-refractivity contribution in [2.24, 2.45) is 0 Å². The highest BCUT2D eigenvalue weighted by molar-refractivity contribution is 7.92. The summed E-state index contributed by atoms with van der Waals surface area (Å²) in [7, 11) is -3.52. The van der Waals surface area contributed by atoms with Crippen molar-refractivity contribution >= 4 is 38.1 Å². The zero-order valence-corrected chi connectivity index (χ0v) is 15.2. The lowest BCUT2D eigenvalue weighted by Gasteiger charge is -2.09. The number of benzene rings is 2. The number of aromatic nitrogens is 1. The van der Waals surface area contributed by atoms with Gasteiger partial charge in [0.15, 0.2) is 5.13 Å². The molecule has 0 aliphatic rings. The van der Waals surface area contributed by atoms with Gasteiger partial charge in [-0.2, -0.15) is 0 Å². The maximum atomic E-state index is 13.0. The Morgan fingerprint density at radius 3 is 2.50 bits per heavy atom. The van der Waals surface area contributed by atoms with Crippen molar-refractivity contribution in [2.45, 2.75) is 0 Å². The molecule has 0 aliphatic carbocycles. The number of nitrogens with one attached hydrogen (secondary N) is 2. The number of para-hydroxylation sites is 1. The smallest absolute Gasteiger partial charge is 0.259 e. The first-order chi connectivity index (χ1) is 12.3. The van der Waals surface area contributed by atoms with Crippen LogP contribution in [0.4, 0.5) is 15.2 Å². The Morgan fingerprint density at radius 1 is 1.12 bits per heavy atom. The lowest BCUT2D eigenvalue weighted by molar-refractivity contribution is 0.102. The first kappa shape index (κ1) is 18.0. The number of thiazole rings is 1. The fraction of sp³-hybridized carbons (Fsp3) is 0.0588. The molecule has 26 heavy (non-hydrogen) atoms. The van der Waals surface area contributed by atoms with E-state index in [9.17, 15) is 17.6 Å². The molecule has 0 atom stereocenters. The third-order valence-corrected chi connectivity index (χ3v) is 4.68. The van der Waals surface area contributed by atoms with Gasteiger partial charge >= 0.3 is 0 Å². The Kier molecular flexibility index (Phi) is 5.01. The van der Waals surface area contributed by atoms with Gasteiger partial charge in [-0.25, -0.2) is 17.8 Å². The number of nitrogens with zero attached hydrogens (tertiary/aromatic N) is 1. The summed E-state index contributed by atoms with van der Waals surface area (Å²) in [6.45, 7) is 0. The van der Waals surface area contributed by atoms with Crippen molar-refractivity contribution in [2.75, 3.05) is 16.3 Å². The average molecular weight is 391 g/mol. The third kappa shape index (κ3) is 4.44. The van der Waals surface area contributed by atoms with Gasteiger partial charge in [-0.05, 0) is 36.4 Å². The van der Waals surface area contributed by atoms with Gasteiger partial charge in [0, 0.05) is 10.9 Å². The lowest BCUT2D eigenvalue weighted by atomic mass is 10.2. The molecule has 0 fully saturated rings. The number of hydrogen-bond donors (Lipinski definition) is 2. The third-order valence-electron chi connectivity index (χ3n) is 3.33. The van der Waals surface area contributed by atoms with E-state index < -0.39 is 15.9 Å². The van der Waals surface area contributed by atoms with E-state index in [4.69, 9.17) is 0 Å². The average Bonchev–Trinajstić information content (AvgIpc) is 3.03. The summed E-state index contributed by atoms with van der Waals surface area (Å²) in [6, 6.07) is 12.1. The van der Waals surface area contributed by atoms with E-state index >= 15 is 0 Å². The monoisotopic (exact) mass is 391 g/mol. The van der Waals surface area contributed by atoms with Crippen LogP contribution in [0.5, 0.6) is 0 Å². The van der Waals surface area contributed by atoms with Crippen LogP contribution in [0.1, 0.15) is 10.4 Å². The Balaban J connectivity index is 1.80. The Hall–Kier alpha value is -2.78. The molecule has 6 nitrogen and oxygen atoms in total. The maximum Gasteiger partial charge on any atom is 0.259 e. The van der Waals surface area contributed by atoms with Gasteiger partial charge in [0.1, 0.15) is 5.82 Å². The van der Waals surface area contributed by atoms with Crippen molar-refractivity contribution in [1.82, 2.24) is 4.98 Å². The Labute approximate surface area is 153 Å². The minimum absolute atomic E-state index is 0.177. The minimum Gasteiger partial charge on any atom is -0.298 e. The molecule has 0 unspecified atom stereocenters. The minimum atomic E-state index is -3.52. The van der Waals surface area contributed by atoms with Crippen LogP contribution in [0, 0.1) is 5.82 Å². The molecule has 0 radical (unpaired) electrons. The highest BCUT2D eigenvalue weighted by Crippen LogP contribution is 2.26. The van der Waals surface area contributed by atoms with Crippen LogP contribution < -0.4 is 10.0 Å². The van der Waals surface area contributed by atoms with Gasteiger partial charge in [-0.3, -0.25) is 14.8 Å². The molecule has 0 spiro atoms. The molecule has 0 aliphatic heterocycles. The molecule has 0 bridgehead atoms. The van der Waals surface area contributed by atoms with E-state index in [0.717, 1.165) is 11.8 Å². The van der Waals surface area contributed by atoms with E-state index in [1.165, 1.54) is 35.6 Å². The van der Waals surface area contributed by atoms with Crippen LogP contribution in [-0.2, 0) is 10.0 Å². The summed E-state index contributed by atoms with van der Waals surface area (Å²) in [4.78, 5) is 16.8. The second kappa shape index (κ2) is 7.22. The molecule has 2 N–H and O–H groups in total. The van der Waals surface area contributed by atoms with Crippen LogP contribution >= 0.6 is 11.3 Å². The molecule has 1 amide bonds. The highest BCUT2D eigenvalue weighted by Gasteiger charge is 2.15. The van der Waals surface area contributed by atoms with Gasteiger partial charge in [0.05, 0.1) is 23.2 Å². The predicted molar refractivity (Wildman–Crippen MR) is 100 cm³/mol. The van der Waals surface area contributed by atoms with Crippen molar-refractivity contribution in [3.63, 3.8) is 0 Å². The van der Waals surface area contributed by atoms with Crippen molar-refractivity contribution in [3.8, 4) is 11.3 Å². The van der Waals surface area contributed by atoms with Crippen molar-refractivity contribution in [3.05, 3.63) is 65.3 Å². The largest absolute Gasteiger partial charge is 0.298 e. The van der Waals surface area contributed by atoms with E-state index in [-0.39, 0.29) is 17.1 Å². The number of halogens is 1. The number of rotatable bonds is 5. The molecular weight excluding hydrogens is 377 g/mol. The molecule has 134 valence electrons. The van der Waals surface area contributed by atoms with Crippen LogP contribution in [0.2, 0.25) is 0 Å². The van der Waals surface area contributed by atoms with Crippen LogP contribution in [0.25, 0.3) is 11.3 Å². The van der Waals surface area contributed by atoms with Gasteiger partial charge in [0.25, 0.3) is 5.91 Å². The number of hydrogen-bond acceptors (Lipinski definition) is 5. The Bertz CT molecular complexity index is 1050. The summed E-state index contributed by atoms with van der Waals surface area (Å²) in [6.07, 6.45) is 1.01. The van der Waals surface area contributed by atoms with Crippen molar-refractivity contribution < 1.29 is 17.6 Å². The topological polar surface area (TPSA) is 88.2 Å². The van der Waals surface area contributed by atoms with Crippen LogP contribution in [-0.4, -0.2) is 25.6 Å². The zero-order chi connectivity index (χ0) is 18.7. The Morgan fingerprint density at radius 2 is 1.81 bits per heavy atom. The first-order valence-electron chi connectivity index (χ1n) is 7.41. The van der Waals surface area contributed by atoms with E-state index in [0.29, 0.717) is 10.8 Å². The molecule has 3 rings (SSSR count). The number of carbonyl (C=O) groups is 1. The number of amides is 1. The fourth-order valence-corrected chi connectivity index (χ4v) is 3.51. The van der Waals surface area contributed by atoms with Crippen LogP contribution in [0.15, 0.2) is 53.9 Å². The van der Waals surface area contributed by atoms with Gasteiger partial charge in [-0.1, -0.05) is 12.1 Å². The number of carbonyl (C=O) groups excluding carboxylic acids is 1. The molecule has 0 saturated heterocycles. The SMILES string of the molecule is CS(=O)(=O)Nc1ccccc1C(=O)Nc1nc(-c2ccc(F)cc2)cs1. The van der Waals surface area contributed by atoms with E-state index in [1.54, 1.807) is 29.6 Å². The molecule has 9 heteroatoms. The standard InChI is InChI=1S/C17H14FN3O3S2/c1-26(23,24)21-14-5-3-2-4-13(14)16(22)20-17-19-15(10-25-17)11-6-8-12(18)9-7-11/h2-10,21H,1H3,(H,19,20,22). The number of sulfonamides is 1. The molecule has 3 aromatic rings. The molecule has 1 aromatic heterocycles. The first-order valence-corrected chi connectivity index (χ1v) is 10.2. The quantitative estimate of drug-likeness (QED) is 0.696. The second-order valence-electron chi connectivity index (χ2n) is 5.42. The van der Waals surface area contributed by atoms with E-state index in [2.05, 4.69) is 15.0 Å². The van der Waals surface area contributed by atoms with Gasteiger partial charge < -0.3 is 0 Å². The summed E-state index contributed by atoms with van der Waals surface area (Å²) >= 11 is 1.22. The summed E-state index contributed by atoms with van der Waals surface area (Å²) in [5.74, 6) is -0.829. The fourth-order valence-electron chi connectivity index (χ4n) is 2.22. The lowest BCUT2D eigenvalue weighted by Crippen LogP contribution is -2.17. The highest BCUT2D eigenvalue weighted by atomic mass is 32.2. The maximum absolute atomic E-state index is 13.0. The second-order valence-corrected chi connectivity index (χ2v) is 8.03. The molecule has 0 saturated carbocycles. The molecular formula is C17H14FN3O3S2. The predicted octanol–water partition coefficient (Wildman–Crippen LogP) is 3.57. The number of anilines is 2. The summed E-state index contributed by atoms with van der Waals surface area (Å²) < 4.78 is 38.2. The van der Waals surface area contributed by atoms with E-state index in [1.807, 2.05) is 0 Å².